The molecule has 90 valence electrons. The van der Waals surface area contributed by atoms with E-state index in [0.717, 1.165) is 5.56 Å². The lowest BCUT2D eigenvalue weighted by atomic mass is 10.2. The van der Waals surface area contributed by atoms with Gasteiger partial charge in [-0.2, -0.15) is 12.6 Å². The summed E-state index contributed by atoms with van der Waals surface area (Å²) in [5.74, 6) is 1.83. The number of benzene rings is 1. The lowest BCUT2D eigenvalue weighted by Gasteiger charge is -2.05. The maximum Gasteiger partial charge on any atom is 0.269 e. The number of hydroxylamine groups is 1. The molecule has 0 unspecified atom stereocenters. The third-order valence-electron chi connectivity index (χ3n) is 1.86. The van der Waals surface area contributed by atoms with E-state index in [1.54, 1.807) is 18.1 Å². The van der Waals surface area contributed by atoms with Crippen LogP contribution in [-0.2, 0) is 16.2 Å². The van der Waals surface area contributed by atoms with Crippen LogP contribution in [0.15, 0.2) is 30.0 Å². The van der Waals surface area contributed by atoms with Crippen LogP contribution >= 0.6 is 12.6 Å². The summed E-state index contributed by atoms with van der Waals surface area (Å²) in [4.78, 5) is 25.2. The smallest absolute Gasteiger partial charge is 0.269 e. The fourth-order valence-corrected chi connectivity index (χ4v) is 1.13. The Labute approximate surface area is 103 Å². The zero-order valence-corrected chi connectivity index (χ0v) is 9.65. The topological polar surface area (TPSA) is 81.5 Å². The molecule has 0 aromatic heterocycles. The molecule has 0 heterocycles. The summed E-state index contributed by atoms with van der Waals surface area (Å²) >= 11 is 3.87. The second-order valence-corrected chi connectivity index (χ2v) is 3.37. The number of nitrogens with one attached hydrogen (secondary N) is 1. The number of nitrogens with zero attached hydrogens (tertiary/aromatic N) is 1. The Kier molecular flexibility index (Phi) is 5.22. The standard InChI is InChI=1S/C10H10N2O4S/c13-5-9(7-17)11-16-6-8-1-3-10(4-2-8)12(14)15/h1-4,11,17H,6-7H2. The first kappa shape index (κ1) is 13.2. The Morgan fingerprint density at radius 3 is 2.59 bits per heavy atom. The summed E-state index contributed by atoms with van der Waals surface area (Å²) < 4.78 is 0. The molecule has 0 saturated heterocycles. The molecule has 0 aliphatic heterocycles. The highest BCUT2D eigenvalue weighted by Crippen LogP contribution is 2.12. The number of nitro benzene ring substituents is 1. The third-order valence-corrected chi connectivity index (χ3v) is 2.18. The van der Waals surface area contributed by atoms with Crippen LogP contribution in [0.1, 0.15) is 5.56 Å². The molecule has 0 fully saturated rings. The molecule has 0 spiro atoms. The zero-order valence-electron chi connectivity index (χ0n) is 8.75. The Balaban J connectivity index is 2.47. The lowest BCUT2D eigenvalue weighted by molar-refractivity contribution is -0.384. The van der Waals surface area contributed by atoms with Gasteiger partial charge in [0.2, 0.25) is 0 Å². The van der Waals surface area contributed by atoms with Gasteiger partial charge in [-0.1, -0.05) is 0 Å². The van der Waals surface area contributed by atoms with Crippen LogP contribution in [0.3, 0.4) is 0 Å². The molecule has 0 radical (unpaired) electrons. The molecule has 7 heteroatoms. The minimum Gasteiger partial charge on any atom is -0.271 e. The van der Waals surface area contributed by atoms with Crippen LogP contribution in [-0.4, -0.2) is 16.6 Å². The number of carbonyl (C=O) groups excluding carboxylic acids is 1. The van der Waals surface area contributed by atoms with E-state index in [-0.39, 0.29) is 23.7 Å². The molecule has 0 aliphatic carbocycles. The van der Waals surface area contributed by atoms with E-state index in [1.165, 1.54) is 12.1 Å². The van der Waals surface area contributed by atoms with Crippen molar-refractivity contribution in [3.05, 3.63) is 45.6 Å². The maximum atomic E-state index is 10.4. The summed E-state index contributed by atoms with van der Waals surface area (Å²) in [6, 6.07) is 5.91. The second kappa shape index (κ2) is 6.70. The van der Waals surface area contributed by atoms with Gasteiger partial charge in [0.05, 0.1) is 11.5 Å². The molecule has 0 amide bonds. The Morgan fingerprint density at radius 2 is 2.12 bits per heavy atom. The highest BCUT2D eigenvalue weighted by atomic mass is 32.1. The summed E-state index contributed by atoms with van der Waals surface area (Å²) in [5, 5.41) is 10.4. The third kappa shape index (κ3) is 4.28. The Hall–Kier alpha value is -1.82. The van der Waals surface area contributed by atoms with E-state index >= 15 is 0 Å². The first-order valence-corrected chi connectivity index (χ1v) is 5.26. The first-order valence-electron chi connectivity index (χ1n) is 4.63. The number of thiol groups is 1. The summed E-state index contributed by atoms with van der Waals surface area (Å²) in [6.07, 6.45) is 0. The van der Waals surface area contributed by atoms with E-state index in [4.69, 9.17) is 4.84 Å². The van der Waals surface area contributed by atoms with Gasteiger partial charge in [0.15, 0.2) is 0 Å². The summed E-state index contributed by atoms with van der Waals surface area (Å²) in [5.41, 5.74) is 3.34. The molecule has 1 aromatic rings. The molecule has 0 aliphatic rings. The normalized spacial score (nSPS) is 9.47. The largest absolute Gasteiger partial charge is 0.271 e. The van der Waals surface area contributed by atoms with Crippen LogP contribution in [0, 0.1) is 10.1 Å². The minimum atomic E-state index is -0.475. The Morgan fingerprint density at radius 1 is 1.47 bits per heavy atom. The molecular formula is C10H10N2O4S. The number of hydrogen-bond acceptors (Lipinski definition) is 6. The van der Waals surface area contributed by atoms with Gasteiger partial charge < -0.3 is 0 Å². The SMILES string of the molecule is O=C=C(CS)NOCc1ccc([N+](=O)[O-])cc1. The molecular weight excluding hydrogens is 244 g/mol. The van der Waals surface area contributed by atoms with E-state index in [2.05, 4.69) is 18.1 Å². The minimum absolute atomic E-state index is 0.0190. The van der Waals surface area contributed by atoms with Crippen molar-refractivity contribution < 1.29 is 14.6 Å². The van der Waals surface area contributed by atoms with Crippen molar-refractivity contribution >= 4 is 24.3 Å². The molecule has 1 rings (SSSR count). The fraction of sp³-hybridized carbons (Fsp3) is 0.200. The fourth-order valence-electron chi connectivity index (χ4n) is 1.01. The number of hydrogen-bond donors (Lipinski definition) is 2. The highest BCUT2D eigenvalue weighted by molar-refractivity contribution is 7.80. The van der Waals surface area contributed by atoms with E-state index in [1.807, 2.05) is 0 Å². The molecule has 0 saturated carbocycles. The van der Waals surface area contributed by atoms with Crippen molar-refractivity contribution in [1.82, 2.24) is 5.48 Å². The van der Waals surface area contributed by atoms with Gasteiger partial charge in [0, 0.05) is 17.9 Å². The van der Waals surface area contributed by atoms with Crippen molar-refractivity contribution in [1.29, 1.82) is 0 Å². The van der Waals surface area contributed by atoms with Crippen molar-refractivity contribution in [2.45, 2.75) is 6.61 Å². The summed E-state index contributed by atoms with van der Waals surface area (Å²) in [6.45, 7) is 0.178. The predicted molar refractivity (Wildman–Crippen MR) is 64.1 cm³/mol. The number of nitro groups is 1. The van der Waals surface area contributed by atoms with Crippen molar-refractivity contribution in [3.63, 3.8) is 0 Å². The second-order valence-electron chi connectivity index (χ2n) is 3.05. The van der Waals surface area contributed by atoms with Crippen LogP contribution < -0.4 is 5.48 Å². The van der Waals surface area contributed by atoms with Crippen molar-refractivity contribution in [2.24, 2.45) is 0 Å². The van der Waals surface area contributed by atoms with Gasteiger partial charge in [0.1, 0.15) is 11.6 Å². The number of non-ortho nitro benzene ring substituents is 1. The summed E-state index contributed by atoms with van der Waals surface area (Å²) in [7, 11) is 0. The van der Waals surface area contributed by atoms with E-state index < -0.39 is 4.92 Å². The van der Waals surface area contributed by atoms with Crippen molar-refractivity contribution in [2.75, 3.05) is 5.75 Å². The zero-order chi connectivity index (χ0) is 12.7. The van der Waals surface area contributed by atoms with Gasteiger partial charge >= 0.3 is 0 Å². The van der Waals surface area contributed by atoms with Crippen LogP contribution in [0.5, 0.6) is 0 Å². The van der Waals surface area contributed by atoms with Gasteiger partial charge in [-0.25, -0.2) is 4.79 Å². The van der Waals surface area contributed by atoms with Gasteiger partial charge in [-0.3, -0.25) is 20.4 Å². The maximum absolute atomic E-state index is 10.4. The van der Waals surface area contributed by atoms with Crippen molar-refractivity contribution in [3.8, 4) is 0 Å². The predicted octanol–water partition coefficient (Wildman–Crippen LogP) is 1.26. The van der Waals surface area contributed by atoms with E-state index in [9.17, 15) is 14.9 Å². The first-order chi connectivity index (χ1) is 8.17. The van der Waals surface area contributed by atoms with E-state index in [0.29, 0.717) is 0 Å². The van der Waals surface area contributed by atoms with Crippen LogP contribution in [0.4, 0.5) is 5.69 Å². The van der Waals surface area contributed by atoms with Gasteiger partial charge in [0.25, 0.3) is 5.69 Å². The molecule has 17 heavy (non-hydrogen) atoms. The van der Waals surface area contributed by atoms with Crippen LogP contribution in [0.2, 0.25) is 0 Å². The highest BCUT2D eigenvalue weighted by Gasteiger charge is 2.04. The van der Waals surface area contributed by atoms with Gasteiger partial charge in [-0.05, 0) is 17.7 Å². The van der Waals surface area contributed by atoms with Gasteiger partial charge in [-0.15, -0.1) is 0 Å². The molecule has 1 aromatic carbocycles. The monoisotopic (exact) mass is 254 g/mol. The average molecular weight is 254 g/mol. The van der Waals surface area contributed by atoms with Crippen LogP contribution in [0.25, 0.3) is 0 Å². The average Bonchev–Trinajstić information content (AvgIpc) is 2.35. The molecule has 0 atom stereocenters. The molecule has 1 N–H and O–H groups in total. The Bertz CT molecular complexity index is 440. The number of rotatable bonds is 6. The molecule has 0 bridgehead atoms. The quantitative estimate of drug-likeness (QED) is 0.346. The molecule has 6 nitrogen and oxygen atoms in total. The lowest BCUT2D eigenvalue weighted by Crippen LogP contribution is -2.15.